The minimum absolute atomic E-state index is 0.0186. The Hall–Kier alpha value is -5.74. The van der Waals surface area contributed by atoms with Crippen LogP contribution in [-0.2, 0) is 9.59 Å². The molecule has 5 aromatic rings. The highest BCUT2D eigenvalue weighted by Crippen LogP contribution is 2.31. The van der Waals surface area contributed by atoms with E-state index < -0.39 is 5.97 Å². The number of pyridine rings is 1. The summed E-state index contributed by atoms with van der Waals surface area (Å²) in [6.07, 6.45) is 1.52. The number of nitrogens with zero attached hydrogens (tertiary/aromatic N) is 3. The summed E-state index contributed by atoms with van der Waals surface area (Å²) in [4.78, 5) is 48.7. The van der Waals surface area contributed by atoms with Crippen LogP contribution in [0.1, 0.15) is 15.9 Å². The van der Waals surface area contributed by atoms with Crippen LogP contribution in [0.4, 0.5) is 11.4 Å². The fourth-order valence-electron chi connectivity index (χ4n) is 4.71. The molecule has 2 amide bonds. The Morgan fingerprint density at radius 1 is 0.886 bits per heavy atom. The van der Waals surface area contributed by atoms with Crippen molar-refractivity contribution in [2.24, 2.45) is 4.99 Å². The summed E-state index contributed by atoms with van der Waals surface area (Å²) < 4.78 is 0. The summed E-state index contributed by atoms with van der Waals surface area (Å²) >= 11 is 1.12. The molecule has 9 nitrogen and oxygen atoms in total. The number of carboxylic acids is 1. The Labute approximate surface area is 256 Å². The third-order valence-electron chi connectivity index (χ3n) is 6.82. The number of thioether (sulfide) groups is 1. The number of amidine groups is 1. The molecule has 2 heterocycles. The molecule has 0 saturated carbocycles. The first-order chi connectivity index (χ1) is 21.4. The van der Waals surface area contributed by atoms with Crippen molar-refractivity contribution in [2.75, 3.05) is 16.0 Å². The SMILES string of the molecule is O=C(CSC1=N/C(=C\c2ccccc2O)C(=O)N1c1ccccc1)Nc1ccc(-c2cc(C(=O)O)c3ccccc3n2)cc1. The molecule has 1 aromatic heterocycles. The summed E-state index contributed by atoms with van der Waals surface area (Å²) in [5.74, 6) is -1.70. The summed E-state index contributed by atoms with van der Waals surface area (Å²) in [5.41, 5.74) is 3.70. The number of rotatable bonds is 7. The molecule has 1 aliphatic heterocycles. The number of phenols is 1. The van der Waals surface area contributed by atoms with E-state index in [0.29, 0.717) is 44.3 Å². The molecule has 44 heavy (non-hydrogen) atoms. The van der Waals surface area contributed by atoms with Crippen LogP contribution in [0, 0.1) is 0 Å². The molecule has 0 bridgehead atoms. The maximum absolute atomic E-state index is 13.4. The predicted molar refractivity (Wildman–Crippen MR) is 173 cm³/mol. The van der Waals surface area contributed by atoms with E-state index in [4.69, 9.17) is 0 Å². The summed E-state index contributed by atoms with van der Waals surface area (Å²) in [7, 11) is 0. The van der Waals surface area contributed by atoms with Gasteiger partial charge in [-0.1, -0.05) is 78.5 Å². The lowest BCUT2D eigenvalue weighted by Crippen LogP contribution is -2.31. The topological polar surface area (TPSA) is 132 Å². The number of aliphatic imine (C=N–C) groups is 1. The van der Waals surface area contributed by atoms with Crippen molar-refractivity contribution < 1.29 is 24.6 Å². The quantitative estimate of drug-likeness (QED) is 0.184. The average Bonchev–Trinajstić information content (AvgIpc) is 3.35. The number of carbonyl (C=O) groups excluding carboxylic acids is 2. The first kappa shape index (κ1) is 28.4. The number of amides is 2. The fourth-order valence-corrected chi connectivity index (χ4v) is 5.52. The molecule has 4 aromatic carbocycles. The molecule has 0 saturated heterocycles. The molecule has 6 rings (SSSR count). The van der Waals surface area contributed by atoms with Crippen molar-refractivity contribution in [3.63, 3.8) is 0 Å². The lowest BCUT2D eigenvalue weighted by molar-refractivity contribution is -0.114. The van der Waals surface area contributed by atoms with Crippen molar-refractivity contribution in [3.05, 3.63) is 126 Å². The van der Waals surface area contributed by atoms with Crippen LogP contribution in [0.2, 0.25) is 0 Å². The summed E-state index contributed by atoms with van der Waals surface area (Å²) in [5, 5.41) is 23.6. The first-order valence-corrected chi connectivity index (χ1v) is 14.5. The molecule has 0 spiro atoms. The fraction of sp³-hybridized carbons (Fsp3) is 0.0294. The van der Waals surface area contributed by atoms with E-state index in [1.807, 2.05) is 18.2 Å². The molecule has 0 aliphatic carbocycles. The first-order valence-electron chi connectivity index (χ1n) is 13.5. The number of carbonyl (C=O) groups is 3. The number of aromatic hydroxyl groups is 1. The minimum atomic E-state index is -1.04. The number of para-hydroxylation sites is 3. The van der Waals surface area contributed by atoms with Crippen LogP contribution >= 0.6 is 11.8 Å². The third-order valence-corrected chi connectivity index (χ3v) is 7.75. The van der Waals surface area contributed by atoms with E-state index in [-0.39, 0.29) is 34.6 Å². The molecule has 0 fully saturated rings. The van der Waals surface area contributed by atoms with E-state index in [0.717, 1.165) is 11.8 Å². The molecule has 0 radical (unpaired) electrons. The van der Waals surface area contributed by atoms with Crippen LogP contribution in [0.15, 0.2) is 120 Å². The highest BCUT2D eigenvalue weighted by molar-refractivity contribution is 8.14. The van der Waals surface area contributed by atoms with Gasteiger partial charge in [-0.2, -0.15) is 0 Å². The second kappa shape index (κ2) is 12.2. The number of anilines is 2. The van der Waals surface area contributed by atoms with Gasteiger partial charge in [0.15, 0.2) is 5.17 Å². The van der Waals surface area contributed by atoms with E-state index in [2.05, 4.69) is 15.3 Å². The average molecular weight is 601 g/mol. The minimum Gasteiger partial charge on any atom is -0.507 e. The van der Waals surface area contributed by atoms with Crippen LogP contribution in [0.25, 0.3) is 28.2 Å². The predicted octanol–water partition coefficient (Wildman–Crippen LogP) is 6.42. The molecule has 10 heteroatoms. The molecular formula is C34H24N4O5S. The Kier molecular flexibility index (Phi) is 7.90. The number of benzene rings is 4. The van der Waals surface area contributed by atoms with Gasteiger partial charge < -0.3 is 15.5 Å². The monoisotopic (exact) mass is 600 g/mol. The smallest absolute Gasteiger partial charge is 0.336 e. The summed E-state index contributed by atoms with van der Waals surface area (Å²) in [6.45, 7) is 0. The molecule has 216 valence electrons. The standard InChI is InChI=1S/C34H24N4O5S/c39-30-13-7-4-8-22(30)18-29-32(41)38(24-9-2-1-3-10-24)34(37-29)44-20-31(40)35-23-16-14-21(15-17-23)28-19-26(33(42)43)25-11-5-6-12-27(25)36-28/h1-19,39H,20H2,(H,35,40)(H,42,43)/b29-18-. The van der Waals surface area contributed by atoms with Crippen LogP contribution in [-0.4, -0.2) is 43.9 Å². The molecular weight excluding hydrogens is 576 g/mol. The Bertz CT molecular complexity index is 1970. The number of nitrogens with one attached hydrogen (secondary N) is 1. The van der Waals surface area contributed by atoms with Gasteiger partial charge in [0, 0.05) is 22.2 Å². The number of carboxylic acid groups (broad SMARTS) is 1. The zero-order chi connectivity index (χ0) is 30.6. The second-order valence-corrected chi connectivity index (χ2v) is 10.7. The number of hydrogen-bond donors (Lipinski definition) is 3. The van der Waals surface area contributed by atoms with Gasteiger partial charge in [-0.3, -0.25) is 14.5 Å². The number of aromatic carboxylic acids is 1. The van der Waals surface area contributed by atoms with Gasteiger partial charge in [-0.15, -0.1) is 0 Å². The maximum atomic E-state index is 13.4. The second-order valence-electron chi connectivity index (χ2n) is 9.75. The van der Waals surface area contributed by atoms with Gasteiger partial charge in [-0.05, 0) is 48.5 Å². The van der Waals surface area contributed by atoms with E-state index >= 15 is 0 Å². The third kappa shape index (κ3) is 5.92. The van der Waals surface area contributed by atoms with Crippen molar-refractivity contribution in [1.82, 2.24) is 4.98 Å². The Balaban J connectivity index is 1.18. The zero-order valence-corrected chi connectivity index (χ0v) is 23.9. The van der Waals surface area contributed by atoms with Gasteiger partial charge in [0.2, 0.25) is 5.91 Å². The molecule has 0 atom stereocenters. The normalized spacial score (nSPS) is 13.7. The van der Waals surface area contributed by atoms with Crippen LogP contribution in [0.5, 0.6) is 5.75 Å². The van der Waals surface area contributed by atoms with Crippen molar-refractivity contribution in [3.8, 4) is 17.0 Å². The zero-order valence-electron chi connectivity index (χ0n) is 23.0. The highest BCUT2D eigenvalue weighted by atomic mass is 32.2. The van der Waals surface area contributed by atoms with Crippen LogP contribution in [0.3, 0.4) is 0 Å². The molecule has 1 aliphatic rings. The van der Waals surface area contributed by atoms with Crippen molar-refractivity contribution >= 4 is 63.1 Å². The summed E-state index contributed by atoms with van der Waals surface area (Å²) in [6, 6.07) is 31.2. The van der Waals surface area contributed by atoms with E-state index in [9.17, 15) is 24.6 Å². The molecule has 3 N–H and O–H groups in total. The van der Waals surface area contributed by atoms with E-state index in [1.54, 1.807) is 84.9 Å². The Morgan fingerprint density at radius 2 is 1.59 bits per heavy atom. The lowest BCUT2D eigenvalue weighted by Gasteiger charge is -2.17. The largest absolute Gasteiger partial charge is 0.507 e. The number of aromatic nitrogens is 1. The van der Waals surface area contributed by atoms with E-state index in [1.165, 1.54) is 17.0 Å². The lowest BCUT2D eigenvalue weighted by atomic mass is 10.0. The number of hydrogen-bond acceptors (Lipinski definition) is 7. The Morgan fingerprint density at radius 3 is 2.34 bits per heavy atom. The van der Waals surface area contributed by atoms with Gasteiger partial charge in [-0.25, -0.2) is 14.8 Å². The number of fused-ring (bicyclic) bond motifs is 1. The van der Waals surface area contributed by atoms with Gasteiger partial charge in [0.05, 0.1) is 28.2 Å². The molecule has 0 unspecified atom stereocenters. The highest BCUT2D eigenvalue weighted by Gasteiger charge is 2.32. The number of phenolic OH excluding ortho intramolecular Hbond substituents is 1. The van der Waals surface area contributed by atoms with Crippen molar-refractivity contribution in [2.45, 2.75) is 0 Å². The van der Waals surface area contributed by atoms with Gasteiger partial charge in [0.1, 0.15) is 11.4 Å². The van der Waals surface area contributed by atoms with Crippen molar-refractivity contribution in [1.29, 1.82) is 0 Å². The van der Waals surface area contributed by atoms with Gasteiger partial charge in [0.25, 0.3) is 5.91 Å². The maximum Gasteiger partial charge on any atom is 0.336 e. The van der Waals surface area contributed by atoms with Crippen LogP contribution < -0.4 is 10.2 Å². The van der Waals surface area contributed by atoms with Gasteiger partial charge >= 0.3 is 5.97 Å².